The van der Waals surface area contributed by atoms with E-state index in [0.29, 0.717) is 0 Å². The van der Waals surface area contributed by atoms with Crippen molar-refractivity contribution in [1.82, 2.24) is 4.90 Å². The summed E-state index contributed by atoms with van der Waals surface area (Å²) in [7, 11) is 4.57. The Hall–Kier alpha value is -0.0800. The fourth-order valence-electron chi connectivity index (χ4n) is 1.95. The van der Waals surface area contributed by atoms with E-state index in [1.807, 2.05) is 0 Å². The molecule has 0 saturated carbocycles. The summed E-state index contributed by atoms with van der Waals surface area (Å²) in [6.45, 7) is 15.4. The molecule has 0 aliphatic carbocycles. The number of nitrogens with zero attached hydrogens (tertiary/aromatic N) is 2. The summed E-state index contributed by atoms with van der Waals surface area (Å²) >= 11 is 0. The van der Waals surface area contributed by atoms with Gasteiger partial charge in [-0.15, -0.1) is 0 Å². The molecule has 1 unspecified atom stereocenters. The zero-order valence-electron chi connectivity index (χ0n) is 11.0. The molecule has 0 bridgehead atoms. The van der Waals surface area contributed by atoms with Gasteiger partial charge in [-0.05, 0) is 27.4 Å². The van der Waals surface area contributed by atoms with Crippen molar-refractivity contribution < 1.29 is 4.48 Å². The lowest BCUT2D eigenvalue weighted by molar-refractivity contribution is -0.909. The molecule has 0 radical (unpaired) electrons. The maximum atomic E-state index is 2.40. The highest BCUT2D eigenvalue weighted by atomic mass is 15.3. The van der Waals surface area contributed by atoms with E-state index in [4.69, 9.17) is 0 Å². The smallest absolute Gasteiger partial charge is 0.0822 e. The van der Waals surface area contributed by atoms with Crippen LogP contribution in [0.1, 0.15) is 27.7 Å². The monoisotopic (exact) mass is 201 g/mol. The molecular formula is C12H29N2+. The molecule has 0 aromatic carbocycles. The standard InChI is InChI=1S/C12H29N2/c1-7-13(5)10-12(4)11-14(6,8-2)9-3/h12H,7-11H2,1-6H3/q+1. The average molecular weight is 201 g/mol. The highest BCUT2D eigenvalue weighted by Crippen LogP contribution is 2.08. The average Bonchev–Trinajstić information content (AvgIpc) is 2.17. The fourth-order valence-corrected chi connectivity index (χ4v) is 1.95. The Balaban J connectivity index is 3.96. The number of quaternary nitrogens is 1. The Morgan fingerprint density at radius 1 is 1.14 bits per heavy atom. The van der Waals surface area contributed by atoms with Gasteiger partial charge in [0, 0.05) is 12.5 Å². The van der Waals surface area contributed by atoms with Crippen LogP contribution in [0.4, 0.5) is 0 Å². The third-order valence-electron chi connectivity index (χ3n) is 3.44. The summed E-state index contributed by atoms with van der Waals surface area (Å²) in [6, 6.07) is 0. The second kappa shape index (κ2) is 6.41. The molecule has 0 amide bonds. The van der Waals surface area contributed by atoms with Crippen LogP contribution in [0.25, 0.3) is 0 Å². The summed E-state index contributed by atoms with van der Waals surface area (Å²) in [5.74, 6) is 0.796. The lowest BCUT2D eigenvalue weighted by Crippen LogP contribution is -2.48. The maximum absolute atomic E-state index is 2.40. The van der Waals surface area contributed by atoms with Crippen molar-refractivity contribution in [3.8, 4) is 0 Å². The van der Waals surface area contributed by atoms with Gasteiger partial charge >= 0.3 is 0 Å². The first-order chi connectivity index (χ1) is 6.47. The third kappa shape index (κ3) is 4.97. The minimum absolute atomic E-state index is 0.796. The molecule has 0 aromatic rings. The SMILES string of the molecule is CCN(C)CC(C)C[N+](C)(CC)CC. The first kappa shape index (κ1) is 13.9. The number of hydrogen-bond donors (Lipinski definition) is 0. The Bertz CT molecular complexity index is 141. The van der Waals surface area contributed by atoms with Crippen LogP contribution in [0.5, 0.6) is 0 Å². The molecule has 0 aromatic heterocycles. The van der Waals surface area contributed by atoms with Crippen LogP contribution in [0.2, 0.25) is 0 Å². The molecule has 2 heteroatoms. The predicted molar refractivity (Wildman–Crippen MR) is 64.5 cm³/mol. The van der Waals surface area contributed by atoms with Gasteiger partial charge in [-0.25, -0.2) is 0 Å². The largest absolute Gasteiger partial charge is 0.326 e. The van der Waals surface area contributed by atoms with E-state index < -0.39 is 0 Å². The van der Waals surface area contributed by atoms with Crippen LogP contribution in [-0.4, -0.2) is 56.2 Å². The van der Waals surface area contributed by atoms with Crippen LogP contribution < -0.4 is 0 Å². The molecule has 0 N–H and O–H groups in total. The van der Waals surface area contributed by atoms with Crippen LogP contribution in [0.15, 0.2) is 0 Å². The summed E-state index contributed by atoms with van der Waals surface area (Å²) < 4.78 is 1.21. The lowest BCUT2D eigenvalue weighted by Gasteiger charge is -2.35. The van der Waals surface area contributed by atoms with Gasteiger partial charge in [0.1, 0.15) is 0 Å². The molecule has 0 fully saturated rings. The molecule has 0 aliphatic rings. The van der Waals surface area contributed by atoms with Crippen LogP contribution in [0.3, 0.4) is 0 Å². The zero-order chi connectivity index (χ0) is 11.2. The second-order valence-corrected chi connectivity index (χ2v) is 4.89. The van der Waals surface area contributed by atoms with E-state index in [-0.39, 0.29) is 0 Å². The van der Waals surface area contributed by atoms with Crippen LogP contribution in [-0.2, 0) is 0 Å². The summed E-state index contributed by atoms with van der Waals surface area (Å²) in [4.78, 5) is 2.40. The Morgan fingerprint density at radius 3 is 2.00 bits per heavy atom. The first-order valence-corrected chi connectivity index (χ1v) is 5.99. The summed E-state index contributed by atoms with van der Waals surface area (Å²) in [5.41, 5.74) is 0. The summed E-state index contributed by atoms with van der Waals surface area (Å²) in [6.07, 6.45) is 0. The van der Waals surface area contributed by atoms with Crippen molar-refractivity contribution in [3.63, 3.8) is 0 Å². The van der Waals surface area contributed by atoms with Gasteiger partial charge in [0.25, 0.3) is 0 Å². The fraction of sp³-hybridized carbons (Fsp3) is 1.00. The predicted octanol–water partition coefficient (Wildman–Crippen LogP) is 2.06. The highest BCUT2D eigenvalue weighted by Gasteiger charge is 2.20. The van der Waals surface area contributed by atoms with E-state index in [0.717, 1.165) is 12.5 Å². The van der Waals surface area contributed by atoms with E-state index >= 15 is 0 Å². The van der Waals surface area contributed by atoms with E-state index in [2.05, 4.69) is 46.7 Å². The Kier molecular flexibility index (Phi) is 6.38. The van der Waals surface area contributed by atoms with Gasteiger partial charge < -0.3 is 9.38 Å². The van der Waals surface area contributed by atoms with Gasteiger partial charge in [-0.2, -0.15) is 0 Å². The van der Waals surface area contributed by atoms with E-state index in [1.54, 1.807) is 0 Å². The van der Waals surface area contributed by atoms with Crippen molar-refractivity contribution in [2.45, 2.75) is 27.7 Å². The normalized spacial score (nSPS) is 14.8. The zero-order valence-corrected chi connectivity index (χ0v) is 11.0. The van der Waals surface area contributed by atoms with E-state index in [9.17, 15) is 0 Å². The van der Waals surface area contributed by atoms with Gasteiger partial charge in [0.15, 0.2) is 0 Å². The molecule has 14 heavy (non-hydrogen) atoms. The number of hydrogen-bond acceptors (Lipinski definition) is 1. The third-order valence-corrected chi connectivity index (χ3v) is 3.44. The topological polar surface area (TPSA) is 3.24 Å². The minimum Gasteiger partial charge on any atom is -0.326 e. The van der Waals surface area contributed by atoms with Crippen molar-refractivity contribution in [1.29, 1.82) is 0 Å². The van der Waals surface area contributed by atoms with Crippen LogP contribution >= 0.6 is 0 Å². The first-order valence-electron chi connectivity index (χ1n) is 5.99. The van der Waals surface area contributed by atoms with Crippen molar-refractivity contribution >= 4 is 0 Å². The molecule has 0 aliphatic heterocycles. The second-order valence-electron chi connectivity index (χ2n) is 4.89. The van der Waals surface area contributed by atoms with Crippen molar-refractivity contribution in [2.75, 3.05) is 46.8 Å². The molecule has 0 heterocycles. The summed E-state index contributed by atoms with van der Waals surface area (Å²) in [5, 5.41) is 0. The molecule has 0 spiro atoms. The van der Waals surface area contributed by atoms with Gasteiger partial charge in [-0.3, -0.25) is 0 Å². The molecule has 0 rings (SSSR count). The molecule has 86 valence electrons. The number of rotatable bonds is 7. The maximum Gasteiger partial charge on any atom is 0.0822 e. The molecule has 0 saturated heterocycles. The lowest BCUT2D eigenvalue weighted by atomic mass is 10.1. The van der Waals surface area contributed by atoms with Gasteiger partial charge in [-0.1, -0.05) is 13.8 Å². The molecular weight excluding hydrogens is 172 g/mol. The Labute approximate surface area is 90.5 Å². The van der Waals surface area contributed by atoms with Crippen molar-refractivity contribution in [3.05, 3.63) is 0 Å². The quantitative estimate of drug-likeness (QED) is 0.570. The highest BCUT2D eigenvalue weighted by molar-refractivity contribution is 4.57. The minimum atomic E-state index is 0.796. The molecule has 1 atom stereocenters. The van der Waals surface area contributed by atoms with Gasteiger partial charge in [0.2, 0.25) is 0 Å². The molecule has 2 nitrogen and oxygen atoms in total. The van der Waals surface area contributed by atoms with Gasteiger partial charge in [0.05, 0.1) is 26.7 Å². The van der Waals surface area contributed by atoms with E-state index in [1.165, 1.54) is 30.7 Å². The Morgan fingerprint density at radius 2 is 1.64 bits per heavy atom. The van der Waals surface area contributed by atoms with Crippen LogP contribution in [0, 0.1) is 5.92 Å². The van der Waals surface area contributed by atoms with Crippen molar-refractivity contribution in [2.24, 2.45) is 5.92 Å².